The van der Waals surface area contributed by atoms with Crippen LogP contribution in [0.2, 0.25) is 0 Å². The van der Waals surface area contributed by atoms with Crippen molar-refractivity contribution >= 4 is 40.8 Å². The van der Waals surface area contributed by atoms with Gasteiger partial charge in [-0.05, 0) is 32.4 Å². The number of nitrogens with one attached hydrogen (secondary N) is 1. The first kappa shape index (κ1) is 16.1. The van der Waals surface area contributed by atoms with Crippen molar-refractivity contribution in [2.45, 2.75) is 58.6 Å². The van der Waals surface area contributed by atoms with Gasteiger partial charge in [0.15, 0.2) is 8.68 Å². The SMILES string of the molecule is CSc1nnc(SC(C)CC(C)(NC2CC2)C(N)=O)s1. The molecule has 1 fully saturated rings. The van der Waals surface area contributed by atoms with E-state index in [1.807, 2.05) is 13.2 Å². The van der Waals surface area contributed by atoms with Crippen LogP contribution in [0, 0.1) is 0 Å². The van der Waals surface area contributed by atoms with Crippen molar-refractivity contribution < 1.29 is 4.79 Å². The van der Waals surface area contributed by atoms with Crippen LogP contribution in [0.1, 0.15) is 33.1 Å². The van der Waals surface area contributed by atoms with E-state index >= 15 is 0 Å². The highest BCUT2D eigenvalue weighted by atomic mass is 32.2. The first-order valence-corrected chi connectivity index (χ1v) is 9.47. The molecule has 20 heavy (non-hydrogen) atoms. The molecule has 2 rings (SSSR count). The molecule has 2 unspecified atom stereocenters. The summed E-state index contributed by atoms with van der Waals surface area (Å²) in [5.41, 5.74) is 4.94. The molecule has 0 spiro atoms. The molecule has 8 heteroatoms. The molecule has 5 nitrogen and oxygen atoms in total. The lowest BCUT2D eigenvalue weighted by Crippen LogP contribution is -2.55. The Bertz CT molecular complexity index is 477. The van der Waals surface area contributed by atoms with Gasteiger partial charge in [-0.2, -0.15) is 0 Å². The van der Waals surface area contributed by atoms with Gasteiger partial charge in [0.05, 0.1) is 5.54 Å². The predicted molar refractivity (Wildman–Crippen MR) is 85.4 cm³/mol. The number of primary amides is 1. The summed E-state index contributed by atoms with van der Waals surface area (Å²) in [6.45, 7) is 4.00. The molecule has 1 aliphatic rings. The molecule has 1 amide bonds. The van der Waals surface area contributed by atoms with Crippen LogP contribution in [0.4, 0.5) is 0 Å². The predicted octanol–water partition coefficient (Wildman–Crippen LogP) is 2.13. The summed E-state index contributed by atoms with van der Waals surface area (Å²) in [6, 6.07) is 0.453. The fourth-order valence-corrected chi connectivity index (χ4v) is 4.96. The monoisotopic (exact) mass is 332 g/mol. The molecule has 112 valence electrons. The van der Waals surface area contributed by atoms with Crippen LogP contribution >= 0.6 is 34.9 Å². The van der Waals surface area contributed by atoms with Crippen molar-refractivity contribution in [1.82, 2.24) is 15.5 Å². The summed E-state index contributed by atoms with van der Waals surface area (Å²) in [5, 5.41) is 11.9. The fraction of sp³-hybridized carbons (Fsp3) is 0.750. The summed E-state index contributed by atoms with van der Waals surface area (Å²) in [5.74, 6) is -0.279. The highest BCUT2D eigenvalue weighted by molar-refractivity contribution is 8.03. The fourth-order valence-electron chi connectivity index (χ4n) is 2.02. The number of thioether (sulfide) groups is 2. The van der Waals surface area contributed by atoms with Crippen LogP contribution in [0.15, 0.2) is 8.68 Å². The van der Waals surface area contributed by atoms with E-state index in [9.17, 15) is 4.79 Å². The van der Waals surface area contributed by atoms with Gasteiger partial charge in [-0.25, -0.2) is 0 Å². The van der Waals surface area contributed by atoms with E-state index in [-0.39, 0.29) is 11.2 Å². The zero-order valence-corrected chi connectivity index (χ0v) is 14.3. The second-order valence-electron chi connectivity index (χ2n) is 5.29. The standard InChI is InChI=1S/C12H20N4OS3/c1-7(19-11-16-15-10(18-3)20-11)6-12(2,9(13)17)14-8-4-5-8/h7-8,14H,4-6H2,1-3H3,(H2,13,17). The Morgan fingerprint density at radius 1 is 1.55 bits per heavy atom. The second-order valence-corrected chi connectivity index (χ2v) is 9.00. The lowest BCUT2D eigenvalue weighted by atomic mass is 9.95. The molecule has 2 atom stereocenters. The Hall–Kier alpha value is -0.310. The van der Waals surface area contributed by atoms with E-state index in [1.54, 1.807) is 34.9 Å². The highest BCUT2D eigenvalue weighted by Gasteiger charge is 2.38. The van der Waals surface area contributed by atoms with Gasteiger partial charge in [0.25, 0.3) is 0 Å². The van der Waals surface area contributed by atoms with Crippen molar-refractivity contribution in [2.75, 3.05) is 6.26 Å². The maximum Gasteiger partial charge on any atom is 0.237 e. The Morgan fingerprint density at radius 2 is 2.20 bits per heavy atom. The van der Waals surface area contributed by atoms with Crippen LogP contribution in [0.3, 0.4) is 0 Å². The minimum absolute atomic E-state index is 0.251. The van der Waals surface area contributed by atoms with Crippen LogP contribution in [0.5, 0.6) is 0 Å². The third-order valence-corrected chi connectivity index (χ3v) is 6.29. The highest BCUT2D eigenvalue weighted by Crippen LogP contribution is 2.34. The largest absolute Gasteiger partial charge is 0.368 e. The van der Waals surface area contributed by atoms with E-state index in [1.165, 1.54) is 0 Å². The molecule has 0 bridgehead atoms. The molecular weight excluding hydrogens is 312 g/mol. The lowest BCUT2D eigenvalue weighted by molar-refractivity contribution is -0.124. The van der Waals surface area contributed by atoms with E-state index in [2.05, 4.69) is 22.4 Å². The maximum atomic E-state index is 11.7. The van der Waals surface area contributed by atoms with Gasteiger partial charge in [-0.3, -0.25) is 4.79 Å². The first-order valence-electron chi connectivity index (χ1n) is 6.54. The van der Waals surface area contributed by atoms with Gasteiger partial charge in [-0.15, -0.1) is 10.2 Å². The van der Waals surface area contributed by atoms with Crippen LogP contribution in [0.25, 0.3) is 0 Å². The van der Waals surface area contributed by atoms with Crippen LogP contribution < -0.4 is 11.1 Å². The van der Waals surface area contributed by atoms with Crippen LogP contribution in [-0.2, 0) is 4.79 Å². The maximum absolute atomic E-state index is 11.7. The number of rotatable bonds is 8. The number of amides is 1. The smallest absolute Gasteiger partial charge is 0.237 e. The number of hydrogen-bond acceptors (Lipinski definition) is 7. The third-order valence-electron chi connectivity index (χ3n) is 3.20. The molecule has 1 aromatic heterocycles. The van der Waals surface area contributed by atoms with Gasteiger partial charge in [0.1, 0.15) is 0 Å². The number of nitrogens with two attached hydrogens (primary N) is 1. The van der Waals surface area contributed by atoms with Gasteiger partial charge >= 0.3 is 0 Å². The Morgan fingerprint density at radius 3 is 2.70 bits per heavy atom. The number of carbonyl (C=O) groups excluding carboxylic acids is 1. The molecule has 1 aliphatic carbocycles. The van der Waals surface area contributed by atoms with E-state index in [0.29, 0.717) is 12.5 Å². The van der Waals surface area contributed by atoms with Crippen molar-refractivity contribution in [3.05, 3.63) is 0 Å². The van der Waals surface area contributed by atoms with Gasteiger partial charge in [0.2, 0.25) is 5.91 Å². The Labute approximate surface area is 131 Å². The summed E-state index contributed by atoms with van der Waals surface area (Å²) in [7, 11) is 0. The van der Waals surface area contributed by atoms with Crippen molar-refractivity contribution in [2.24, 2.45) is 5.73 Å². The second kappa shape index (κ2) is 6.64. The Kier molecular flexibility index (Phi) is 5.33. The van der Waals surface area contributed by atoms with Gasteiger partial charge in [0, 0.05) is 11.3 Å². The average molecular weight is 333 g/mol. The lowest BCUT2D eigenvalue weighted by Gasteiger charge is -2.30. The molecular formula is C12H20N4OS3. The topological polar surface area (TPSA) is 80.9 Å². The minimum Gasteiger partial charge on any atom is -0.368 e. The van der Waals surface area contributed by atoms with Crippen LogP contribution in [-0.4, -0.2) is 39.2 Å². The van der Waals surface area contributed by atoms with Gasteiger partial charge in [-0.1, -0.05) is 41.8 Å². The number of carbonyl (C=O) groups is 1. The molecule has 0 radical (unpaired) electrons. The van der Waals surface area contributed by atoms with Gasteiger partial charge < -0.3 is 11.1 Å². The number of aromatic nitrogens is 2. The van der Waals surface area contributed by atoms with Crippen molar-refractivity contribution in [3.8, 4) is 0 Å². The minimum atomic E-state index is -0.638. The summed E-state index contributed by atoms with van der Waals surface area (Å²) < 4.78 is 1.91. The normalized spacial score (nSPS) is 19.6. The summed E-state index contributed by atoms with van der Waals surface area (Å²) >= 11 is 4.84. The number of nitrogens with zero attached hydrogens (tertiary/aromatic N) is 2. The van der Waals surface area contributed by atoms with Crippen molar-refractivity contribution in [1.29, 1.82) is 0 Å². The van der Waals surface area contributed by atoms with Crippen molar-refractivity contribution in [3.63, 3.8) is 0 Å². The van der Waals surface area contributed by atoms with E-state index in [0.717, 1.165) is 21.5 Å². The summed E-state index contributed by atoms with van der Waals surface area (Å²) in [4.78, 5) is 11.7. The molecule has 0 aliphatic heterocycles. The quantitative estimate of drug-likeness (QED) is 0.710. The van der Waals surface area contributed by atoms with E-state index in [4.69, 9.17) is 5.73 Å². The summed E-state index contributed by atoms with van der Waals surface area (Å²) in [6.07, 6.45) is 4.95. The molecule has 1 saturated carbocycles. The molecule has 1 aromatic rings. The Balaban J connectivity index is 1.93. The first-order chi connectivity index (χ1) is 9.43. The van der Waals surface area contributed by atoms with E-state index < -0.39 is 5.54 Å². The molecule has 0 saturated heterocycles. The molecule has 1 heterocycles. The zero-order valence-electron chi connectivity index (χ0n) is 11.9. The third kappa shape index (κ3) is 4.34. The zero-order chi connectivity index (χ0) is 14.8. The number of hydrogen-bond donors (Lipinski definition) is 2. The average Bonchev–Trinajstić information content (AvgIpc) is 3.05. The molecule has 0 aromatic carbocycles. The molecule has 3 N–H and O–H groups in total.